The largest absolute Gasteiger partial charge is 0.353 e. The molecule has 2 rings (SSSR count). The highest BCUT2D eigenvalue weighted by Gasteiger charge is 2.07. The summed E-state index contributed by atoms with van der Waals surface area (Å²) < 4.78 is 0. The van der Waals surface area contributed by atoms with Crippen LogP contribution in [0.2, 0.25) is 0 Å². The number of hydrogen-bond donors (Lipinski definition) is 1. The van der Waals surface area contributed by atoms with E-state index in [0.717, 1.165) is 37.4 Å². The maximum absolute atomic E-state index is 11.7. The van der Waals surface area contributed by atoms with Gasteiger partial charge in [-0.05, 0) is 31.0 Å². The van der Waals surface area contributed by atoms with E-state index in [9.17, 15) is 4.79 Å². The summed E-state index contributed by atoms with van der Waals surface area (Å²) in [5, 5.41) is 2.89. The van der Waals surface area contributed by atoms with E-state index in [2.05, 4.69) is 41.2 Å². The number of hydrogen-bond acceptors (Lipinski definition) is 3. The Morgan fingerprint density at radius 1 is 1.13 bits per heavy atom. The van der Waals surface area contributed by atoms with Crippen molar-refractivity contribution in [2.24, 2.45) is 0 Å². The number of nitrogens with zero attached hydrogens (tertiary/aromatic N) is 2. The van der Waals surface area contributed by atoms with Crippen molar-refractivity contribution >= 4 is 17.4 Å². The third kappa shape index (κ3) is 5.40. The van der Waals surface area contributed by atoms with Crippen LogP contribution in [0.1, 0.15) is 38.7 Å². The molecule has 2 aromatic rings. The first kappa shape index (κ1) is 17.0. The second-order valence-corrected chi connectivity index (χ2v) is 5.56. The van der Waals surface area contributed by atoms with Crippen molar-refractivity contribution in [3.8, 4) is 0 Å². The summed E-state index contributed by atoms with van der Waals surface area (Å²) in [5.74, 6) is 0.973. The van der Waals surface area contributed by atoms with E-state index in [1.54, 1.807) is 6.20 Å². The SMILES string of the molecule is CCCCC(=O)Nc1ccc(N(CC)Cc2ccccc2)nc1. The van der Waals surface area contributed by atoms with Gasteiger partial charge in [-0.15, -0.1) is 0 Å². The number of benzene rings is 1. The van der Waals surface area contributed by atoms with Crippen molar-refractivity contribution in [2.45, 2.75) is 39.7 Å². The molecule has 4 heteroatoms. The highest BCUT2D eigenvalue weighted by Crippen LogP contribution is 2.17. The fourth-order valence-electron chi connectivity index (χ4n) is 2.37. The molecule has 1 N–H and O–H groups in total. The molecule has 23 heavy (non-hydrogen) atoms. The molecule has 0 radical (unpaired) electrons. The summed E-state index contributed by atoms with van der Waals surface area (Å²) in [6, 6.07) is 14.2. The van der Waals surface area contributed by atoms with Crippen molar-refractivity contribution in [3.05, 3.63) is 54.2 Å². The number of nitrogens with one attached hydrogen (secondary N) is 1. The summed E-state index contributed by atoms with van der Waals surface area (Å²) in [6.45, 7) is 5.90. The normalized spacial score (nSPS) is 10.3. The van der Waals surface area contributed by atoms with Crippen LogP contribution in [-0.2, 0) is 11.3 Å². The number of amides is 1. The van der Waals surface area contributed by atoms with Crippen LogP contribution in [0.5, 0.6) is 0 Å². The Balaban J connectivity index is 1.98. The highest BCUT2D eigenvalue weighted by molar-refractivity contribution is 5.90. The van der Waals surface area contributed by atoms with Gasteiger partial charge in [-0.1, -0.05) is 43.7 Å². The van der Waals surface area contributed by atoms with Crippen LogP contribution in [0.25, 0.3) is 0 Å². The van der Waals surface area contributed by atoms with Crippen molar-refractivity contribution in [1.29, 1.82) is 0 Å². The van der Waals surface area contributed by atoms with Crippen molar-refractivity contribution in [3.63, 3.8) is 0 Å². The average Bonchev–Trinajstić information content (AvgIpc) is 2.59. The minimum absolute atomic E-state index is 0.0537. The van der Waals surface area contributed by atoms with Crippen molar-refractivity contribution in [2.75, 3.05) is 16.8 Å². The van der Waals surface area contributed by atoms with Gasteiger partial charge in [0.15, 0.2) is 0 Å². The minimum Gasteiger partial charge on any atom is -0.353 e. The Bertz CT molecular complexity index is 596. The van der Waals surface area contributed by atoms with Gasteiger partial charge >= 0.3 is 0 Å². The summed E-state index contributed by atoms with van der Waals surface area (Å²) >= 11 is 0. The molecule has 0 atom stereocenters. The van der Waals surface area contributed by atoms with E-state index in [1.807, 2.05) is 30.3 Å². The fraction of sp³-hybridized carbons (Fsp3) is 0.368. The van der Waals surface area contributed by atoms with Gasteiger partial charge in [-0.25, -0.2) is 4.98 Å². The summed E-state index contributed by atoms with van der Waals surface area (Å²) in [7, 11) is 0. The van der Waals surface area contributed by atoms with E-state index >= 15 is 0 Å². The zero-order valence-corrected chi connectivity index (χ0v) is 14.0. The van der Waals surface area contributed by atoms with Crippen LogP contribution in [0.15, 0.2) is 48.7 Å². The molecule has 122 valence electrons. The predicted molar refractivity (Wildman–Crippen MR) is 95.6 cm³/mol. The summed E-state index contributed by atoms with van der Waals surface area (Å²) in [5.41, 5.74) is 2.01. The van der Waals surface area contributed by atoms with Gasteiger partial charge in [-0.2, -0.15) is 0 Å². The van der Waals surface area contributed by atoms with Crippen LogP contribution in [0.3, 0.4) is 0 Å². The first-order valence-electron chi connectivity index (χ1n) is 8.27. The minimum atomic E-state index is 0.0537. The molecule has 0 aliphatic heterocycles. The Kier molecular flexibility index (Phi) is 6.60. The number of anilines is 2. The Morgan fingerprint density at radius 2 is 1.91 bits per heavy atom. The summed E-state index contributed by atoms with van der Waals surface area (Å²) in [6.07, 6.45) is 4.23. The number of pyridine rings is 1. The molecular weight excluding hydrogens is 286 g/mol. The number of carbonyl (C=O) groups is 1. The monoisotopic (exact) mass is 311 g/mol. The molecule has 0 spiro atoms. The van der Waals surface area contributed by atoms with Crippen LogP contribution in [-0.4, -0.2) is 17.4 Å². The van der Waals surface area contributed by atoms with Gasteiger partial charge < -0.3 is 10.2 Å². The first-order valence-corrected chi connectivity index (χ1v) is 8.27. The zero-order chi connectivity index (χ0) is 16.5. The summed E-state index contributed by atoms with van der Waals surface area (Å²) in [4.78, 5) is 18.4. The number of aromatic nitrogens is 1. The lowest BCUT2D eigenvalue weighted by atomic mass is 10.2. The Morgan fingerprint density at radius 3 is 2.52 bits per heavy atom. The van der Waals surface area contributed by atoms with E-state index in [-0.39, 0.29) is 5.91 Å². The zero-order valence-electron chi connectivity index (χ0n) is 14.0. The Hall–Kier alpha value is -2.36. The number of unbranched alkanes of at least 4 members (excludes halogenated alkanes) is 1. The molecule has 0 aliphatic rings. The third-order valence-electron chi connectivity index (χ3n) is 3.71. The second kappa shape index (κ2) is 8.93. The van der Waals surface area contributed by atoms with Gasteiger partial charge in [0.05, 0.1) is 11.9 Å². The lowest BCUT2D eigenvalue weighted by Gasteiger charge is -2.22. The van der Waals surface area contributed by atoms with Crippen molar-refractivity contribution < 1.29 is 4.79 Å². The van der Waals surface area contributed by atoms with Gasteiger partial charge in [-0.3, -0.25) is 4.79 Å². The smallest absolute Gasteiger partial charge is 0.224 e. The van der Waals surface area contributed by atoms with Crippen LogP contribution >= 0.6 is 0 Å². The van der Waals surface area contributed by atoms with E-state index in [4.69, 9.17) is 0 Å². The van der Waals surface area contributed by atoms with Gasteiger partial charge in [0, 0.05) is 19.5 Å². The molecule has 4 nitrogen and oxygen atoms in total. The molecule has 0 fully saturated rings. The standard InChI is InChI=1S/C19H25N3O/c1-3-5-11-19(23)21-17-12-13-18(20-14-17)22(4-2)15-16-9-7-6-8-10-16/h6-10,12-14H,3-5,11,15H2,1-2H3,(H,21,23). The quantitative estimate of drug-likeness (QED) is 0.793. The van der Waals surface area contributed by atoms with Crippen LogP contribution in [0, 0.1) is 0 Å². The van der Waals surface area contributed by atoms with Gasteiger partial charge in [0.2, 0.25) is 5.91 Å². The predicted octanol–water partition coefficient (Wildman–Crippen LogP) is 4.24. The molecule has 1 amide bonds. The molecule has 0 saturated heterocycles. The lowest BCUT2D eigenvalue weighted by Crippen LogP contribution is -2.23. The van der Waals surface area contributed by atoms with Crippen molar-refractivity contribution in [1.82, 2.24) is 4.98 Å². The Labute approximate surface area is 138 Å². The lowest BCUT2D eigenvalue weighted by molar-refractivity contribution is -0.116. The van der Waals surface area contributed by atoms with E-state index < -0.39 is 0 Å². The third-order valence-corrected chi connectivity index (χ3v) is 3.71. The topological polar surface area (TPSA) is 45.2 Å². The molecule has 0 saturated carbocycles. The highest BCUT2D eigenvalue weighted by atomic mass is 16.1. The van der Waals surface area contributed by atoms with Gasteiger partial charge in [0.25, 0.3) is 0 Å². The van der Waals surface area contributed by atoms with Crippen LogP contribution < -0.4 is 10.2 Å². The second-order valence-electron chi connectivity index (χ2n) is 5.56. The average molecular weight is 311 g/mol. The maximum Gasteiger partial charge on any atom is 0.224 e. The fourth-order valence-corrected chi connectivity index (χ4v) is 2.37. The van der Waals surface area contributed by atoms with Crippen LogP contribution in [0.4, 0.5) is 11.5 Å². The van der Waals surface area contributed by atoms with E-state index in [0.29, 0.717) is 6.42 Å². The van der Waals surface area contributed by atoms with E-state index in [1.165, 1.54) is 5.56 Å². The number of carbonyl (C=O) groups excluding carboxylic acids is 1. The molecule has 0 unspecified atom stereocenters. The molecule has 1 heterocycles. The molecule has 0 bridgehead atoms. The van der Waals surface area contributed by atoms with Gasteiger partial charge in [0.1, 0.15) is 5.82 Å². The molecule has 0 aliphatic carbocycles. The molecule has 1 aromatic carbocycles. The molecular formula is C19H25N3O. The maximum atomic E-state index is 11.7. The first-order chi connectivity index (χ1) is 11.2. The molecule has 1 aromatic heterocycles. The number of rotatable bonds is 8.